The minimum Gasteiger partial charge on any atom is -0.842 e. The van der Waals surface area contributed by atoms with E-state index in [4.69, 9.17) is 31.0 Å². The summed E-state index contributed by atoms with van der Waals surface area (Å²) in [4.78, 5) is 49.7. The van der Waals surface area contributed by atoms with Gasteiger partial charge in [-0.2, -0.15) is 4.40 Å². The molecule has 5 rings (SSSR count). The number of carbonyl (C=O) groups is 1. The third-order valence-corrected chi connectivity index (χ3v) is 8.81. The van der Waals surface area contributed by atoms with E-state index < -0.39 is 17.3 Å². The van der Waals surface area contributed by atoms with Crippen LogP contribution in [0.2, 0.25) is 4.47 Å². The van der Waals surface area contributed by atoms with Gasteiger partial charge in [-0.3, -0.25) is 4.79 Å². The molecular formula is C37H38ClFN8O7S. The number of fused-ring (bicyclic) bond motifs is 1. The molecule has 0 unspecified atom stereocenters. The zero-order valence-corrected chi connectivity index (χ0v) is 32.6. The number of hydrogen-bond donors (Lipinski definition) is 1. The first kappa shape index (κ1) is 41.6. The van der Waals surface area contributed by atoms with Crippen molar-refractivity contribution in [1.82, 2.24) is 14.7 Å². The fraction of sp³-hybridized carbons (Fsp3) is 0.243. The van der Waals surface area contributed by atoms with Gasteiger partial charge in [0, 0.05) is 35.5 Å². The van der Waals surface area contributed by atoms with Crippen LogP contribution in [0, 0.1) is 12.7 Å². The van der Waals surface area contributed by atoms with Crippen LogP contribution in [0.4, 0.5) is 4.39 Å². The number of halogens is 2. The SMILES string of the molecule is CNC(=O)/C(=N/OC)c1ccccc1CO/N=C(C)/C(=N/OC)C(/C)=N/OC.Cc1cccn2c(=O)c(-c3ccccc3F)c([O-])[n+](Cc3cnc(Cl)s3)c12. The number of aryl methyl sites for hydroxylation is 1. The molecule has 1 amide bonds. The minimum atomic E-state index is -0.619. The summed E-state index contributed by atoms with van der Waals surface area (Å²) < 4.78 is 17.6. The van der Waals surface area contributed by atoms with E-state index >= 15 is 0 Å². The summed E-state index contributed by atoms with van der Waals surface area (Å²) in [5.41, 5.74) is 3.14. The van der Waals surface area contributed by atoms with Gasteiger partial charge in [-0.15, -0.1) is 11.3 Å². The maximum Gasteiger partial charge on any atom is 0.349 e. The molecule has 0 aliphatic carbocycles. The molecule has 3 aromatic heterocycles. The summed E-state index contributed by atoms with van der Waals surface area (Å²) in [6.07, 6.45) is 3.16. The molecule has 0 atom stereocenters. The van der Waals surface area contributed by atoms with Gasteiger partial charge < -0.3 is 29.8 Å². The highest BCUT2D eigenvalue weighted by molar-refractivity contribution is 7.15. The van der Waals surface area contributed by atoms with Crippen molar-refractivity contribution in [3.63, 3.8) is 0 Å². The van der Waals surface area contributed by atoms with Crippen molar-refractivity contribution >= 4 is 57.3 Å². The minimum absolute atomic E-state index is 0.0144. The van der Waals surface area contributed by atoms with E-state index in [-0.39, 0.29) is 35.9 Å². The van der Waals surface area contributed by atoms with E-state index in [2.05, 4.69) is 30.9 Å². The van der Waals surface area contributed by atoms with Crippen molar-refractivity contribution in [2.75, 3.05) is 28.4 Å². The van der Waals surface area contributed by atoms with Gasteiger partial charge in [-0.05, 0) is 39.0 Å². The van der Waals surface area contributed by atoms with Crippen molar-refractivity contribution in [1.29, 1.82) is 0 Å². The third-order valence-electron chi connectivity index (χ3n) is 7.71. The number of oxime groups is 4. The smallest absolute Gasteiger partial charge is 0.349 e. The number of amides is 1. The van der Waals surface area contributed by atoms with Crippen LogP contribution in [-0.4, -0.2) is 66.5 Å². The first-order valence-electron chi connectivity index (χ1n) is 16.3. The topological polar surface area (TPSA) is 177 Å². The van der Waals surface area contributed by atoms with Crippen LogP contribution in [0.5, 0.6) is 5.88 Å². The Morgan fingerprint density at radius 1 is 0.982 bits per heavy atom. The first-order chi connectivity index (χ1) is 26.5. The van der Waals surface area contributed by atoms with Crippen molar-refractivity contribution in [3.05, 3.63) is 115 Å². The van der Waals surface area contributed by atoms with Gasteiger partial charge in [-0.25, -0.2) is 18.7 Å². The molecule has 1 N–H and O–H groups in total. The lowest BCUT2D eigenvalue weighted by atomic mass is 10.0. The van der Waals surface area contributed by atoms with Gasteiger partial charge >= 0.3 is 5.56 Å². The Labute approximate surface area is 324 Å². The van der Waals surface area contributed by atoms with Crippen molar-refractivity contribution in [3.8, 4) is 17.0 Å². The average molecular weight is 793 g/mol. The van der Waals surface area contributed by atoms with Crippen LogP contribution in [0.3, 0.4) is 0 Å². The largest absolute Gasteiger partial charge is 0.842 e. The molecule has 18 heteroatoms. The highest BCUT2D eigenvalue weighted by atomic mass is 35.5. The number of nitrogens with one attached hydrogen (secondary N) is 1. The second-order valence-electron chi connectivity index (χ2n) is 11.3. The summed E-state index contributed by atoms with van der Waals surface area (Å²) >= 11 is 7.15. The van der Waals surface area contributed by atoms with E-state index in [0.29, 0.717) is 38.4 Å². The van der Waals surface area contributed by atoms with E-state index in [1.165, 1.54) is 66.9 Å². The van der Waals surface area contributed by atoms with E-state index in [1.54, 1.807) is 56.6 Å². The first-order valence-corrected chi connectivity index (χ1v) is 17.5. The Balaban J connectivity index is 0.000000245. The molecule has 0 saturated carbocycles. The number of pyridine rings is 1. The molecule has 0 radical (unpaired) electrons. The number of benzene rings is 2. The molecule has 288 valence electrons. The lowest BCUT2D eigenvalue weighted by molar-refractivity contribution is -0.708. The molecule has 0 fully saturated rings. The molecule has 3 heterocycles. The number of nitrogens with zero attached hydrogens (tertiary/aromatic N) is 7. The number of carbonyl (C=O) groups excluding carboxylic acids is 1. The fourth-order valence-corrected chi connectivity index (χ4v) is 6.29. The molecule has 5 aromatic rings. The second-order valence-corrected chi connectivity index (χ2v) is 13.0. The number of aromatic nitrogens is 3. The number of likely N-dealkylation sites (N-methyl/N-ethyl adjacent to an activating group) is 1. The Kier molecular flexibility index (Phi) is 14.9. The molecule has 0 saturated heterocycles. The summed E-state index contributed by atoms with van der Waals surface area (Å²) in [7, 11) is 5.73. The lowest BCUT2D eigenvalue weighted by Gasteiger charge is -2.17. The molecule has 0 aliphatic rings. The predicted octanol–water partition coefficient (Wildman–Crippen LogP) is 4.63. The summed E-state index contributed by atoms with van der Waals surface area (Å²) in [6.45, 7) is 5.48. The van der Waals surface area contributed by atoms with Gasteiger partial charge in [0.15, 0.2) is 15.9 Å². The summed E-state index contributed by atoms with van der Waals surface area (Å²) in [5, 5.41) is 31.3. The standard InChI is InChI=1S/C19H13ClFN3O2S.C18H25N5O5/c1-11-5-4-8-23-16(11)24(10-12-9-22-19(20)27-12)18(26)15(17(23)25)13-6-2-3-7-14(13)21;1-12(20-25-4)16(22-26-5)13(2)21-28-11-14-9-7-8-10-15(14)17(23-27-6)18(24)19-3/h2-9H,10H2,1H3;7-10H,11H2,1-6H3,(H,19,24)/b;20-12+,21-13+,22-16+,23-17+. The number of thiazole rings is 1. The quantitative estimate of drug-likeness (QED) is 0.102. The molecule has 15 nitrogen and oxygen atoms in total. The Morgan fingerprint density at radius 3 is 2.31 bits per heavy atom. The zero-order chi connectivity index (χ0) is 40.1. The van der Waals surface area contributed by atoms with Crippen LogP contribution in [0.15, 0.2) is 98.5 Å². The highest BCUT2D eigenvalue weighted by Gasteiger charge is 2.24. The summed E-state index contributed by atoms with van der Waals surface area (Å²) in [5.74, 6) is -1.55. The summed E-state index contributed by atoms with van der Waals surface area (Å²) in [6, 6.07) is 16.5. The van der Waals surface area contributed by atoms with Crippen LogP contribution in [0.1, 0.15) is 35.4 Å². The average Bonchev–Trinajstić information content (AvgIpc) is 3.59. The van der Waals surface area contributed by atoms with Crippen molar-refractivity contribution < 1.29 is 38.2 Å². The molecule has 2 aromatic carbocycles. The highest BCUT2D eigenvalue weighted by Crippen LogP contribution is 2.26. The monoisotopic (exact) mass is 792 g/mol. The van der Waals surface area contributed by atoms with E-state index in [1.807, 2.05) is 19.1 Å². The molecular weight excluding hydrogens is 755 g/mol. The van der Waals surface area contributed by atoms with Gasteiger partial charge in [0.2, 0.25) is 0 Å². The maximum absolute atomic E-state index is 14.4. The number of hydrogen-bond acceptors (Lipinski definition) is 13. The number of rotatable bonds is 13. The Hall–Kier alpha value is -6.20. The normalized spacial score (nSPS) is 12.2. The van der Waals surface area contributed by atoms with Crippen LogP contribution in [-0.2, 0) is 37.3 Å². The van der Waals surface area contributed by atoms with Crippen molar-refractivity contribution in [2.45, 2.75) is 33.9 Å². The van der Waals surface area contributed by atoms with Gasteiger partial charge in [0.25, 0.3) is 11.6 Å². The van der Waals surface area contributed by atoms with Gasteiger partial charge in [0.05, 0.1) is 17.0 Å². The van der Waals surface area contributed by atoms with Crippen molar-refractivity contribution in [2.24, 2.45) is 20.6 Å². The van der Waals surface area contributed by atoms with Crippen LogP contribution in [0.25, 0.3) is 16.8 Å². The van der Waals surface area contributed by atoms with E-state index in [9.17, 15) is 19.1 Å². The second kappa shape index (κ2) is 19.8. The maximum atomic E-state index is 14.4. The molecule has 0 aliphatic heterocycles. The molecule has 0 bridgehead atoms. The fourth-order valence-electron chi connectivity index (χ4n) is 5.32. The van der Waals surface area contributed by atoms with Crippen LogP contribution >= 0.6 is 22.9 Å². The van der Waals surface area contributed by atoms with E-state index in [0.717, 1.165) is 10.4 Å². The Morgan fingerprint density at radius 2 is 1.65 bits per heavy atom. The lowest BCUT2D eigenvalue weighted by Crippen LogP contribution is -2.44. The van der Waals surface area contributed by atoms with Crippen LogP contribution < -0.4 is 20.5 Å². The third kappa shape index (κ3) is 10.1. The molecule has 0 spiro atoms. The predicted molar refractivity (Wildman–Crippen MR) is 206 cm³/mol. The van der Waals surface area contributed by atoms with Gasteiger partial charge in [0.1, 0.15) is 57.3 Å². The zero-order valence-electron chi connectivity index (χ0n) is 31.0. The Bertz CT molecular complexity index is 2340. The van der Waals surface area contributed by atoms with Gasteiger partial charge in [-0.1, -0.05) is 74.7 Å². The molecule has 55 heavy (non-hydrogen) atoms.